The number of carbonyl (C=O) groups is 3. The number of amides is 1. The zero-order valence-electron chi connectivity index (χ0n) is 30.1. The second-order valence-electron chi connectivity index (χ2n) is 18.3. The molecule has 1 aliphatic heterocycles. The topological polar surface area (TPSA) is 131 Å². The number of alkyl carbamates (subject to hydrolysis) is 1. The molecule has 0 bridgehead atoms. The Morgan fingerprint density at radius 1 is 1.06 bits per heavy atom. The lowest BCUT2D eigenvalue weighted by molar-refractivity contribution is -0.201. The molecule has 9 heteroatoms. The molecule has 3 N–H and O–H groups in total. The molecular weight excluding hydrogens is 634 g/mol. The summed E-state index contributed by atoms with van der Waals surface area (Å²) in [5, 5.41) is 25.2. The van der Waals surface area contributed by atoms with Crippen LogP contribution in [0.1, 0.15) is 103 Å². The maximum Gasteiger partial charge on any atom is 0.407 e. The number of fused-ring (bicyclic) bond motifs is 7. The van der Waals surface area contributed by atoms with Crippen LogP contribution in [0.4, 0.5) is 4.79 Å². The van der Waals surface area contributed by atoms with E-state index in [0.29, 0.717) is 24.2 Å². The first-order chi connectivity index (χ1) is 23.6. The fourth-order valence-corrected chi connectivity index (χ4v) is 12.2. The third-order valence-electron chi connectivity index (χ3n) is 14.1. The molecule has 8 rings (SSSR count). The fourth-order valence-electron chi connectivity index (χ4n) is 12.2. The number of carbonyl (C=O) groups excluding carboxylic acids is 3. The van der Waals surface area contributed by atoms with Crippen LogP contribution in [-0.4, -0.2) is 63.9 Å². The van der Waals surface area contributed by atoms with Gasteiger partial charge in [-0.25, -0.2) is 4.79 Å². The third-order valence-corrected chi connectivity index (χ3v) is 14.1. The van der Waals surface area contributed by atoms with Crippen LogP contribution in [0.25, 0.3) is 0 Å². The first-order valence-electron chi connectivity index (χ1n) is 18.8. The lowest BCUT2D eigenvalue weighted by Crippen LogP contribution is -2.63. The van der Waals surface area contributed by atoms with Gasteiger partial charge in [-0.05, 0) is 119 Å². The van der Waals surface area contributed by atoms with Gasteiger partial charge in [0.25, 0.3) is 0 Å². The molecule has 1 heterocycles. The van der Waals surface area contributed by atoms with Crippen molar-refractivity contribution in [1.82, 2.24) is 5.32 Å². The maximum absolute atomic E-state index is 13.9. The Kier molecular flexibility index (Phi) is 7.93. The molecule has 1 amide bonds. The number of nitrogens with one attached hydrogen (secondary N) is 1. The molecule has 50 heavy (non-hydrogen) atoms. The van der Waals surface area contributed by atoms with Crippen LogP contribution in [0, 0.1) is 39.9 Å². The number of ether oxygens (including phenoxy) is 3. The molecule has 0 unspecified atom stereocenters. The Hall–Kier alpha value is -2.85. The summed E-state index contributed by atoms with van der Waals surface area (Å²) in [5.41, 5.74) is 0.565. The summed E-state index contributed by atoms with van der Waals surface area (Å²) in [6.07, 6.45) is 11.0. The summed E-state index contributed by atoms with van der Waals surface area (Å²) in [7, 11) is 0. The van der Waals surface area contributed by atoms with Gasteiger partial charge in [-0.1, -0.05) is 49.8 Å². The molecular formula is C41H53NO8. The Bertz CT molecular complexity index is 1630. The molecule has 0 radical (unpaired) electrons. The Labute approximate surface area is 295 Å². The lowest BCUT2D eigenvalue weighted by Gasteiger charge is -2.59. The van der Waals surface area contributed by atoms with Crippen LogP contribution in [0.5, 0.6) is 0 Å². The molecule has 1 aromatic carbocycles. The van der Waals surface area contributed by atoms with Crippen LogP contribution in [-0.2, 0) is 30.2 Å². The third kappa shape index (κ3) is 5.20. The second-order valence-corrected chi connectivity index (χ2v) is 18.3. The number of aliphatic hydroxyl groups is 2. The number of ketones is 2. The molecule has 9 atom stereocenters. The molecule has 9 nitrogen and oxygen atoms in total. The summed E-state index contributed by atoms with van der Waals surface area (Å²) in [4.78, 5) is 38.2. The molecule has 6 fully saturated rings. The van der Waals surface area contributed by atoms with Crippen molar-refractivity contribution in [3.63, 3.8) is 0 Å². The van der Waals surface area contributed by atoms with E-state index in [1.807, 2.05) is 39.0 Å². The van der Waals surface area contributed by atoms with Crippen molar-refractivity contribution in [2.24, 2.45) is 39.9 Å². The molecule has 5 saturated carbocycles. The first kappa shape index (κ1) is 34.2. The zero-order chi connectivity index (χ0) is 35.4. The largest absolute Gasteiger partial charge is 0.444 e. The number of Topliss-reactive ketones (excluding diaryl/α,β-unsaturated/α-hetero) is 1. The van der Waals surface area contributed by atoms with Crippen molar-refractivity contribution in [3.05, 3.63) is 59.2 Å². The summed E-state index contributed by atoms with van der Waals surface area (Å²) >= 11 is 0. The van der Waals surface area contributed by atoms with E-state index in [-0.39, 0.29) is 41.5 Å². The van der Waals surface area contributed by atoms with Gasteiger partial charge in [0, 0.05) is 28.4 Å². The average Bonchev–Trinajstić information content (AvgIpc) is 3.51. The Morgan fingerprint density at radius 2 is 1.78 bits per heavy atom. The highest BCUT2D eigenvalue weighted by Crippen LogP contribution is 2.70. The number of hydrogen-bond donors (Lipinski definition) is 3. The molecule has 1 spiro atoms. The van der Waals surface area contributed by atoms with Gasteiger partial charge in [0.2, 0.25) is 0 Å². The Morgan fingerprint density at radius 3 is 2.46 bits per heavy atom. The highest BCUT2D eigenvalue weighted by Gasteiger charge is 2.76. The maximum atomic E-state index is 13.9. The van der Waals surface area contributed by atoms with Gasteiger partial charge in [-0.3, -0.25) is 9.59 Å². The van der Waals surface area contributed by atoms with E-state index >= 15 is 0 Å². The molecule has 6 aliphatic carbocycles. The van der Waals surface area contributed by atoms with Crippen molar-refractivity contribution in [2.45, 2.75) is 128 Å². The molecule has 270 valence electrons. The van der Waals surface area contributed by atoms with E-state index in [1.54, 1.807) is 12.2 Å². The minimum absolute atomic E-state index is 0.00385. The number of allylic oxidation sites excluding steroid dienone is 4. The second kappa shape index (κ2) is 11.6. The SMILES string of the molecule is CC(C)(C)OC(=O)NC1CC2(CC(Cc3ccc([C@@H]4O[C@@H]5C[C@H]6[C@@H]7CCC8=CC(=O)C=C[C@]8(C)[C@H]7[C@@H](O)C[C@]6(C)[C@]5(C(=O)CO)O4)cc3)C2)C1. The van der Waals surface area contributed by atoms with Crippen LogP contribution < -0.4 is 5.32 Å². The normalized spacial score (nSPS) is 44.2. The number of rotatable bonds is 6. The summed E-state index contributed by atoms with van der Waals surface area (Å²) in [6, 6.07) is 8.53. The van der Waals surface area contributed by atoms with Gasteiger partial charge in [0.05, 0.1) is 12.2 Å². The molecule has 1 saturated heterocycles. The zero-order valence-corrected chi connectivity index (χ0v) is 30.1. The van der Waals surface area contributed by atoms with E-state index < -0.39 is 47.1 Å². The molecule has 0 aromatic heterocycles. The monoisotopic (exact) mass is 687 g/mol. The standard InChI is InChI=1S/C41H53NO8/c1-37(2,3)50-36(47)42-27-19-40(20-27)17-24(18-40)14-23-6-8-25(9-7-23)35-48-33-16-30-29-11-10-26-15-28(44)12-13-38(26,4)34(29)31(45)21-39(30,5)41(33,49-35)32(46)22-43/h6-9,12-13,15,24,27,29-31,33-35,43,45H,10-11,14,16-22H2,1-5H3,(H,42,47)/t24?,27?,29-,30-,31-,33+,34+,35+,38-,39-,40?,41+/m0/s1. The van der Waals surface area contributed by atoms with Gasteiger partial charge in [0.15, 0.2) is 23.5 Å². The lowest BCUT2D eigenvalue weighted by atomic mass is 9.46. The van der Waals surface area contributed by atoms with E-state index in [9.17, 15) is 24.6 Å². The fraction of sp³-hybridized carbons (Fsp3) is 0.683. The highest BCUT2D eigenvalue weighted by atomic mass is 16.7. The van der Waals surface area contributed by atoms with Crippen molar-refractivity contribution < 1.29 is 38.8 Å². The predicted molar refractivity (Wildman–Crippen MR) is 185 cm³/mol. The van der Waals surface area contributed by atoms with E-state index in [2.05, 4.69) is 31.3 Å². The van der Waals surface area contributed by atoms with Gasteiger partial charge in [-0.15, -0.1) is 0 Å². The van der Waals surface area contributed by atoms with Gasteiger partial charge >= 0.3 is 6.09 Å². The van der Waals surface area contributed by atoms with E-state index in [1.165, 1.54) is 18.4 Å². The smallest absolute Gasteiger partial charge is 0.407 e. The Balaban J connectivity index is 0.922. The quantitative estimate of drug-likeness (QED) is 0.336. The van der Waals surface area contributed by atoms with E-state index in [0.717, 1.165) is 43.2 Å². The van der Waals surface area contributed by atoms with Crippen LogP contribution in [0.15, 0.2) is 48.1 Å². The summed E-state index contributed by atoms with van der Waals surface area (Å²) in [6.45, 7) is 9.19. The van der Waals surface area contributed by atoms with Crippen LogP contribution >= 0.6 is 0 Å². The van der Waals surface area contributed by atoms with Crippen molar-refractivity contribution in [3.8, 4) is 0 Å². The van der Waals surface area contributed by atoms with E-state index in [4.69, 9.17) is 14.2 Å². The molecule has 7 aliphatic rings. The van der Waals surface area contributed by atoms with Crippen LogP contribution in [0.2, 0.25) is 0 Å². The highest BCUT2D eigenvalue weighted by molar-refractivity contribution is 6.01. The van der Waals surface area contributed by atoms with Crippen molar-refractivity contribution in [2.75, 3.05) is 6.61 Å². The predicted octanol–water partition coefficient (Wildman–Crippen LogP) is 5.92. The number of aliphatic hydroxyl groups excluding tert-OH is 2. The first-order valence-corrected chi connectivity index (χ1v) is 18.8. The van der Waals surface area contributed by atoms with Gasteiger partial charge in [-0.2, -0.15) is 0 Å². The minimum atomic E-state index is -1.35. The summed E-state index contributed by atoms with van der Waals surface area (Å²) in [5.74, 6) is 0.363. The van der Waals surface area contributed by atoms with Crippen LogP contribution in [0.3, 0.4) is 0 Å². The van der Waals surface area contributed by atoms with Gasteiger partial charge in [0.1, 0.15) is 12.2 Å². The molecule has 1 aromatic rings. The number of benzene rings is 1. The number of hydrogen-bond acceptors (Lipinski definition) is 8. The van der Waals surface area contributed by atoms with Gasteiger partial charge < -0.3 is 29.7 Å². The minimum Gasteiger partial charge on any atom is -0.444 e. The summed E-state index contributed by atoms with van der Waals surface area (Å²) < 4.78 is 18.8. The average molecular weight is 688 g/mol. The van der Waals surface area contributed by atoms with Crippen molar-refractivity contribution in [1.29, 1.82) is 0 Å². The van der Waals surface area contributed by atoms with Crippen molar-refractivity contribution >= 4 is 17.7 Å².